The first-order valence-corrected chi connectivity index (χ1v) is 4.01. The second kappa shape index (κ2) is 4.60. The van der Waals surface area contributed by atoms with Crippen LogP contribution in [0.25, 0.3) is 0 Å². The standard InChI is InChI=1S/C8H16N4/c1-6(2)11-8(10)12(5-9)7(3)4/h6-7H,1-4H3,(H2,10,11). The largest absolute Gasteiger partial charge is 0.369 e. The average molecular weight is 168 g/mol. The Labute approximate surface area is 73.7 Å². The van der Waals surface area contributed by atoms with E-state index in [1.807, 2.05) is 33.9 Å². The lowest BCUT2D eigenvalue weighted by atomic mass is 10.3. The van der Waals surface area contributed by atoms with Crippen molar-refractivity contribution in [2.75, 3.05) is 0 Å². The Hall–Kier alpha value is -1.24. The van der Waals surface area contributed by atoms with Gasteiger partial charge in [-0.3, -0.25) is 0 Å². The van der Waals surface area contributed by atoms with E-state index >= 15 is 0 Å². The van der Waals surface area contributed by atoms with Crippen molar-refractivity contribution in [2.24, 2.45) is 10.7 Å². The van der Waals surface area contributed by atoms with Crippen molar-refractivity contribution < 1.29 is 0 Å². The van der Waals surface area contributed by atoms with Crippen LogP contribution in [0.2, 0.25) is 0 Å². The van der Waals surface area contributed by atoms with Gasteiger partial charge in [-0.1, -0.05) is 0 Å². The molecular weight excluding hydrogens is 152 g/mol. The Bertz CT molecular complexity index is 200. The molecule has 0 amide bonds. The molecule has 0 bridgehead atoms. The summed E-state index contributed by atoms with van der Waals surface area (Å²) >= 11 is 0. The molecule has 0 aliphatic heterocycles. The molecule has 68 valence electrons. The number of rotatable bonds is 2. The summed E-state index contributed by atoms with van der Waals surface area (Å²) in [6.45, 7) is 7.63. The van der Waals surface area contributed by atoms with Gasteiger partial charge in [-0.15, -0.1) is 0 Å². The highest BCUT2D eigenvalue weighted by Gasteiger charge is 2.10. The normalized spacial score (nSPS) is 11.9. The molecule has 0 aromatic heterocycles. The molecule has 0 aromatic carbocycles. The van der Waals surface area contributed by atoms with E-state index in [4.69, 9.17) is 11.0 Å². The maximum absolute atomic E-state index is 8.69. The van der Waals surface area contributed by atoms with Crippen molar-refractivity contribution in [3.63, 3.8) is 0 Å². The molecule has 0 radical (unpaired) electrons. The van der Waals surface area contributed by atoms with Gasteiger partial charge < -0.3 is 5.73 Å². The van der Waals surface area contributed by atoms with Crippen LogP contribution in [0.4, 0.5) is 0 Å². The molecule has 0 rings (SSSR count). The number of guanidine groups is 1. The lowest BCUT2D eigenvalue weighted by Crippen LogP contribution is -2.39. The van der Waals surface area contributed by atoms with Crippen LogP contribution in [0.3, 0.4) is 0 Å². The number of nitriles is 1. The Morgan fingerprint density at radius 1 is 1.42 bits per heavy atom. The van der Waals surface area contributed by atoms with Crippen LogP contribution in [-0.4, -0.2) is 22.9 Å². The number of hydrogen-bond acceptors (Lipinski definition) is 2. The number of aliphatic imine (C=N–C) groups is 1. The Morgan fingerprint density at radius 2 is 1.92 bits per heavy atom. The van der Waals surface area contributed by atoms with E-state index in [2.05, 4.69) is 4.99 Å². The summed E-state index contributed by atoms with van der Waals surface area (Å²) in [5.74, 6) is 0.294. The molecule has 4 nitrogen and oxygen atoms in total. The zero-order valence-corrected chi connectivity index (χ0v) is 8.07. The van der Waals surface area contributed by atoms with Crippen LogP contribution in [0, 0.1) is 11.5 Å². The van der Waals surface area contributed by atoms with Gasteiger partial charge in [0.1, 0.15) is 0 Å². The van der Waals surface area contributed by atoms with Crippen molar-refractivity contribution in [2.45, 2.75) is 39.8 Å². The van der Waals surface area contributed by atoms with Crippen LogP contribution >= 0.6 is 0 Å². The van der Waals surface area contributed by atoms with E-state index in [-0.39, 0.29) is 12.1 Å². The third kappa shape index (κ3) is 3.24. The fraction of sp³-hybridized carbons (Fsp3) is 0.750. The van der Waals surface area contributed by atoms with Crippen LogP contribution in [0.5, 0.6) is 0 Å². The van der Waals surface area contributed by atoms with Gasteiger partial charge in [0.05, 0.1) is 0 Å². The first-order chi connectivity index (χ1) is 5.49. The first kappa shape index (κ1) is 10.8. The zero-order chi connectivity index (χ0) is 9.72. The minimum absolute atomic E-state index is 0.0671. The SMILES string of the molecule is CC(C)N=C(N)N(C#N)C(C)C. The van der Waals surface area contributed by atoms with E-state index in [0.29, 0.717) is 5.96 Å². The van der Waals surface area contributed by atoms with Crippen molar-refractivity contribution >= 4 is 5.96 Å². The van der Waals surface area contributed by atoms with Crippen LogP contribution < -0.4 is 5.73 Å². The van der Waals surface area contributed by atoms with Crippen molar-refractivity contribution in [1.82, 2.24) is 4.90 Å². The van der Waals surface area contributed by atoms with Gasteiger partial charge in [-0.25, -0.2) is 9.89 Å². The highest BCUT2D eigenvalue weighted by Crippen LogP contribution is 1.96. The third-order valence-electron chi connectivity index (χ3n) is 1.26. The van der Waals surface area contributed by atoms with E-state index < -0.39 is 0 Å². The molecule has 2 N–H and O–H groups in total. The molecular formula is C8H16N4. The Kier molecular flexibility index (Phi) is 4.12. The monoisotopic (exact) mass is 168 g/mol. The van der Waals surface area contributed by atoms with E-state index in [1.165, 1.54) is 4.90 Å². The lowest BCUT2D eigenvalue weighted by Gasteiger charge is -2.18. The number of nitrogens with zero attached hydrogens (tertiary/aromatic N) is 3. The fourth-order valence-corrected chi connectivity index (χ4v) is 0.758. The zero-order valence-electron chi connectivity index (χ0n) is 8.07. The number of nitrogens with two attached hydrogens (primary N) is 1. The van der Waals surface area contributed by atoms with Crippen molar-refractivity contribution in [3.05, 3.63) is 0 Å². The van der Waals surface area contributed by atoms with Gasteiger partial charge in [0.15, 0.2) is 6.19 Å². The molecule has 0 spiro atoms. The highest BCUT2D eigenvalue weighted by atomic mass is 15.3. The average Bonchev–Trinajstić information content (AvgIpc) is 1.85. The molecule has 0 aliphatic rings. The van der Waals surface area contributed by atoms with Gasteiger partial charge in [0.25, 0.3) is 0 Å². The van der Waals surface area contributed by atoms with Gasteiger partial charge in [-0.2, -0.15) is 5.26 Å². The maximum Gasteiger partial charge on any atom is 0.205 e. The smallest absolute Gasteiger partial charge is 0.205 e. The van der Waals surface area contributed by atoms with Gasteiger partial charge in [0.2, 0.25) is 5.96 Å². The van der Waals surface area contributed by atoms with Gasteiger partial charge >= 0.3 is 0 Å². The molecule has 0 unspecified atom stereocenters. The summed E-state index contributed by atoms with van der Waals surface area (Å²) in [5.41, 5.74) is 5.58. The summed E-state index contributed by atoms with van der Waals surface area (Å²) in [7, 11) is 0. The van der Waals surface area contributed by atoms with Gasteiger partial charge in [0, 0.05) is 12.1 Å². The lowest BCUT2D eigenvalue weighted by molar-refractivity contribution is 0.466. The predicted octanol–water partition coefficient (Wildman–Crippen LogP) is 0.901. The quantitative estimate of drug-likeness (QED) is 0.288. The molecule has 0 atom stereocenters. The minimum Gasteiger partial charge on any atom is -0.369 e. The second-order valence-corrected chi connectivity index (χ2v) is 3.14. The van der Waals surface area contributed by atoms with Crippen LogP contribution in [0.1, 0.15) is 27.7 Å². The third-order valence-corrected chi connectivity index (χ3v) is 1.26. The highest BCUT2D eigenvalue weighted by molar-refractivity contribution is 5.79. The van der Waals surface area contributed by atoms with Gasteiger partial charge in [-0.05, 0) is 27.7 Å². The Morgan fingerprint density at radius 3 is 2.17 bits per heavy atom. The molecule has 4 heteroatoms. The minimum atomic E-state index is 0.0671. The molecule has 0 saturated heterocycles. The second-order valence-electron chi connectivity index (χ2n) is 3.14. The van der Waals surface area contributed by atoms with Crippen LogP contribution in [-0.2, 0) is 0 Å². The molecule has 0 aliphatic carbocycles. The fourth-order valence-electron chi connectivity index (χ4n) is 0.758. The first-order valence-electron chi connectivity index (χ1n) is 4.01. The van der Waals surface area contributed by atoms with E-state index in [9.17, 15) is 0 Å². The van der Waals surface area contributed by atoms with Crippen molar-refractivity contribution in [3.8, 4) is 6.19 Å². The van der Waals surface area contributed by atoms with Crippen LogP contribution in [0.15, 0.2) is 4.99 Å². The summed E-state index contributed by atoms with van der Waals surface area (Å²) in [5, 5.41) is 8.69. The molecule has 12 heavy (non-hydrogen) atoms. The van der Waals surface area contributed by atoms with E-state index in [1.54, 1.807) is 0 Å². The summed E-state index contributed by atoms with van der Waals surface area (Å²) in [6.07, 6.45) is 1.98. The van der Waals surface area contributed by atoms with Crippen molar-refractivity contribution in [1.29, 1.82) is 5.26 Å². The number of hydrogen-bond donors (Lipinski definition) is 1. The molecule has 0 fully saturated rings. The predicted molar refractivity (Wildman–Crippen MR) is 49.3 cm³/mol. The Balaban J connectivity index is 4.44. The molecule has 0 heterocycles. The maximum atomic E-state index is 8.69. The van der Waals surface area contributed by atoms with E-state index in [0.717, 1.165) is 0 Å². The topological polar surface area (TPSA) is 65.4 Å². The molecule has 0 saturated carbocycles. The summed E-state index contributed by atoms with van der Waals surface area (Å²) in [6, 6.07) is 0.192. The molecule has 0 aromatic rings. The summed E-state index contributed by atoms with van der Waals surface area (Å²) in [4.78, 5) is 5.46. The summed E-state index contributed by atoms with van der Waals surface area (Å²) < 4.78 is 0.